The highest BCUT2D eigenvalue weighted by atomic mass is 32.1. The van der Waals surface area contributed by atoms with Gasteiger partial charge in [-0.2, -0.15) is 0 Å². The van der Waals surface area contributed by atoms with Gasteiger partial charge in [-0.1, -0.05) is 92.4 Å². The molecule has 6 rings (SSSR count). The second-order valence-corrected chi connectivity index (χ2v) is 11.7. The van der Waals surface area contributed by atoms with E-state index in [1.54, 1.807) is 11.3 Å². The van der Waals surface area contributed by atoms with Crippen LogP contribution in [-0.2, 0) is 11.3 Å². The summed E-state index contributed by atoms with van der Waals surface area (Å²) in [6, 6.07) is 26.0. The third-order valence-electron chi connectivity index (χ3n) is 8.35. The number of fused-ring (bicyclic) bond motifs is 1. The molecule has 2 atom stereocenters. The Morgan fingerprint density at radius 3 is 2.37 bits per heavy atom. The van der Waals surface area contributed by atoms with E-state index < -0.39 is 6.04 Å². The minimum absolute atomic E-state index is 0.000949. The average Bonchev–Trinajstić information content (AvgIpc) is 3.59. The first-order valence-corrected chi connectivity index (χ1v) is 15.5. The number of aromatic nitrogens is 3. The minimum atomic E-state index is -0.421. The number of benzene rings is 3. The van der Waals surface area contributed by atoms with Crippen molar-refractivity contribution in [1.82, 2.24) is 19.9 Å². The molecular weight excluding hydrogens is 528 g/mol. The molecule has 5 aromatic rings. The van der Waals surface area contributed by atoms with Gasteiger partial charge < -0.3 is 15.0 Å². The number of para-hydroxylation sites is 2. The van der Waals surface area contributed by atoms with Crippen LogP contribution in [0, 0.1) is 5.92 Å². The van der Waals surface area contributed by atoms with Crippen LogP contribution in [-0.4, -0.2) is 32.2 Å². The Labute approximate surface area is 245 Å². The summed E-state index contributed by atoms with van der Waals surface area (Å²) in [5.41, 5.74) is 7.85. The Bertz CT molecular complexity index is 1560. The van der Waals surface area contributed by atoms with Crippen LogP contribution in [0.2, 0.25) is 0 Å². The summed E-state index contributed by atoms with van der Waals surface area (Å²) in [4.78, 5) is 23.3. The molecule has 6 nitrogen and oxygen atoms in total. The van der Waals surface area contributed by atoms with Crippen LogP contribution in [0.25, 0.3) is 22.6 Å². The first-order chi connectivity index (χ1) is 20.2. The van der Waals surface area contributed by atoms with E-state index in [0.29, 0.717) is 6.54 Å². The van der Waals surface area contributed by atoms with E-state index >= 15 is 0 Å². The van der Waals surface area contributed by atoms with E-state index in [0.717, 1.165) is 64.9 Å². The zero-order valence-electron chi connectivity index (χ0n) is 23.2. The average molecular weight is 565 g/mol. The molecule has 1 saturated carbocycles. The number of hydrogen-bond acceptors (Lipinski definition) is 5. The van der Waals surface area contributed by atoms with Gasteiger partial charge in [-0.25, -0.2) is 9.97 Å². The van der Waals surface area contributed by atoms with Crippen molar-refractivity contribution >= 4 is 28.3 Å². The zero-order chi connectivity index (χ0) is 28.0. The lowest BCUT2D eigenvalue weighted by Gasteiger charge is -2.28. The Morgan fingerprint density at radius 2 is 1.66 bits per heavy atom. The number of amides is 1. The van der Waals surface area contributed by atoms with Gasteiger partial charge in [0.2, 0.25) is 5.91 Å². The van der Waals surface area contributed by atoms with E-state index in [1.807, 2.05) is 59.4 Å². The summed E-state index contributed by atoms with van der Waals surface area (Å²) >= 11 is 1.57. The maximum atomic E-state index is 13.9. The molecule has 1 unspecified atom stereocenters. The lowest BCUT2D eigenvalue weighted by molar-refractivity contribution is -0.125. The largest absolute Gasteiger partial charge is 0.394 e. The summed E-state index contributed by atoms with van der Waals surface area (Å²) in [6.07, 6.45) is 6.87. The molecule has 0 saturated heterocycles. The molecule has 0 radical (unpaired) electrons. The SMILES string of the molecule is O=C(N[C@@H](CO)c1ccccc1)C(c1ccc(Cn2c(-c3cscn3)nc3ccccc32)cc1)C1CCCCCC1. The molecule has 2 heterocycles. The van der Waals surface area contributed by atoms with Crippen molar-refractivity contribution in [2.45, 2.75) is 57.0 Å². The third kappa shape index (κ3) is 6.11. The van der Waals surface area contributed by atoms with Gasteiger partial charge in [0.05, 0.1) is 35.1 Å². The fourth-order valence-corrected chi connectivity index (χ4v) is 6.76. The molecule has 3 aromatic carbocycles. The highest BCUT2D eigenvalue weighted by Gasteiger charge is 2.32. The predicted molar refractivity (Wildman–Crippen MR) is 165 cm³/mol. The molecule has 1 fully saturated rings. The van der Waals surface area contributed by atoms with Crippen LogP contribution < -0.4 is 5.32 Å². The van der Waals surface area contributed by atoms with Crippen molar-refractivity contribution in [2.75, 3.05) is 6.61 Å². The molecular formula is C34H36N4O2S. The third-order valence-corrected chi connectivity index (χ3v) is 8.94. The number of hydrogen-bond donors (Lipinski definition) is 2. The Morgan fingerprint density at radius 1 is 0.927 bits per heavy atom. The Hall–Kier alpha value is -3.81. The summed E-state index contributed by atoms with van der Waals surface area (Å²) in [5, 5.41) is 15.4. The van der Waals surface area contributed by atoms with Crippen molar-refractivity contribution < 1.29 is 9.90 Å². The number of nitrogens with zero attached hydrogens (tertiary/aromatic N) is 3. The van der Waals surface area contributed by atoms with Gasteiger partial charge in [-0.3, -0.25) is 4.79 Å². The molecule has 2 aromatic heterocycles. The summed E-state index contributed by atoms with van der Waals surface area (Å²) < 4.78 is 2.22. The van der Waals surface area contributed by atoms with E-state index in [-0.39, 0.29) is 24.3 Å². The second kappa shape index (κ2) is 12.8. The quantitative estimate of drug-likeness (QED) is 0.187. The van der Waals surface area contributed by atoms with E-state index in [4.69, 9.17) is 4.98 Å². The van der Waals surface area contributed by atoms with Crippen LogP contribution in [0.1, 0.15) is 67.2 Å². The molecule has 1 aliphatic carbocycles. The molecule has 0 aliphatic heterocycles. The number of aliphatic hydroxyl groups is 1. The molecule has 2 N–H and O–H groups in total. The van der Waals surface area contributed by atoms with Gasteiger partial charge in [0.15, 0.2) is 5.82 Å². The van der Waals surface area contributed by atoms with Crippen LogP contribution >= 0.6 is 11.3 Å². The van der Waals surface area contributed by atoms with E-state index in [1.165, 1.54) is 12.8 Å². The van der Waals surface area contributed by atoms with Gasteiger partial charge in [0.1, 0.15) is 5.69 Å². The highest BCUT2D eigenvalue weighted by molar-refractivity contribution is 7.07. The number of carbonyl (C=O) groups is 1. The van der Waals surface area contributed by atoms with Gasteiger partial charge in [-0.05, 0) is 47.6 Å². The normalized spacial score (nSPS) is 15.8. The number of carbonyl (C=O) groups excluding carboxylic acids is 1. The first kappa shape index (κ1) is 27.4. The van der Waals surface area contributed by atoms with Crippen LogP contribution in [0.5, 0.6) is 0 Å². The lowest BCUT2D eigenvalue weighted by Crippen LogP contribution is -2.37. The molecule has 7 heteroatoms. The maximum Gasteiger partial charge on any atom is 0.228 e. The van der Waals surface area contributed by atoms with Crippen molar-refractivity contribution in [2.24, 2.45) is 5.92 Å². The summed E-state index contributed by atoms with van der Waals surface area (Å²) in [7, 11) is 0. The topological polar surface area (TPSA) is 80.0 Å². The van der Waals surface area contributed by atoms with Gasteiger partial charge in [0, 0.05) is 11.9 Å². The van der Waals surface area contributed by atoms with E-state index in [9.17, 15) is 9.90 Å². The number of imidazole rings is 1. The number of aliphatic hydroxyl groups excluding tert-OH is 1. The van der Waals surface area contributed by atoms with Gasteiger partial charge in [0.25, 0.3) is 0 Å². The van der Waals surface area contributed by atoms with Crippen molar-refractivity contribution in [3.63, 3.8) is 0 Å². The zero-order valence-corrected chi connectivity index (χ0v) is 24.0. The summed E-state index contributed by atoms with van der Waals surface area (Å²) in [5.74, 6) is 0.897. The second-order valence-electron chi connectivity index (χ2n) is 11.0. The number of thiazole rings is 1. The first-order valence-electron chi connectivity index (χ1n) is 14.6. The molecule has 0 bridgehead atoms. The van der Waals surface area contributed by atoms with Gasteiger partial charge in [-0.15, -0.1) is 11.3 Å². The van der Waals surface area contributed by atoms with Crippen molar-refractivity contribution in [3.8, 4) is 11.5 Å². The standard InChI is InChI=1S/C34H36N4O2S/c39-21-29(25-10-6-3-7-11-25)37-34(40)32(26-12-4-1-2-5-13-26)27-18-16-24(17-19-27)20-38-31-15-9-8-14-28(31)36-33(38)30-22-41-23-35-30/h3,6-11,14-19,22-23,26,29,32,39H,1-2,4-5,12-13,20-21H2,(H,37,40)/t29-,32?/m0/s1. The molecule has 41 heavy (non-hydrogen) atoms. The monoisotopic (exact) mass is 564 g/mol. The van der Waals surface area contributed by atoms with Crippen LogP contribution in [0.4, 0.5) is 0 Å². The van der Waals surface area contributed by atoms with Crippen molar-refractivity contribution in [3.05, 3.63) is 106 Å². The highest BCUT2D eigenvalue weighted by Crippen LogP contribution is 2.36. The van der Waals surface area contributed by atoms with Crippen LogP contribution in [0.3, 0.4) is 0 Å². The van der Waals surface area contributed by atoms with Crippen LogP contribution in [0.15, 0.2) is 89.8 Å². The smallest absolute Gasteiger partial charge is 0.228 e. The maximum absolute atomic E-state index is 13.9. The predicted octanol–water partition coefficient (Wildman–Crippen LogP) is 7.11. The van der Waals surface area contributed by atoms with Crippen molar-refractivity contribution in [1.29, 1.82) is 0 Å². The fraction of sp³-hybridized carbons (Fsp3) is 0.324. The number of rotatable bonds is 9. The molecule has 1 aliphatic rings. The number of nitrogens with one attached hydrogen (secondary N) is 1. The summed E-state index contributed by atoms with van der Waals surface area (Å²) in [6.45, 7) is 0.529. The lowest BCUT2D eigenvalue weighted by atomic mass is 9.80. The molecule has 1 amide bonds. The van der Waals surface area contributed by atoms with Gasteiger partial charge >= 0.3 is 0 Å². The molecule has 210 valence electrons. The fourth-order valence-electron chi connectivity index (χ4n) is 6.23. The van der Waals surface area contributed by atoms with E-state index in [2.05, 4.69) is 45.2 Å². The molecule has 0 spiro atoms. The minimum Gasteiger partial charge on any atom is -0.394 e. The Balaban J connectivity index is 1.28. The Kier molecular flexibility index (Phi) is 8.54.